The second kappa shape index (κ2) is 5.98. The van der Waals surface area contributed by atoms with Crippen LogP contribution in [-0.4, -0.2) is 16.5 Å². The minimum absolute atomic E-state index is 0.160. The van der Waals surface area contributed by atoms with E-state index in [2.05, 4.69) is 11.9 Å². The van der Waals surface area contributed by atoms with E-state index < -0.39 is 0 Å². The van der Waals surface area contributed by atoms with Crippen LogP contribution in [0.3, 0.4) is 0 Å². The number of hydrogen-bond acceptors (Lipinski definition) is 4. The fraction of sp³-hybridized carbons (Fsp3) is 0.231. The SMILES string of the molecule is CCc1ccc(C(=O)CSc2nccs2)cc1. The summed E-state index contributed by atoms with van der Waals surface area (Å²) in [5.74, 6) is 0.617. The van der Waals surface area contributed by atoms with Crippen LogP contribution >= 0.6 is 23.1 Å². The predicted octanol–water partition coefficient (Wildman–Crippen LogP) is 3.68. The van der Waals surface area contributed by atoms with Crippen LogP contribution in [0.5, 0.6) is 0 Å². The van der Waals surface area contributed by atoms with Gasteiger partial charge in [0.05, 0.1) is 5.75 Å². The molecule has 0 aliphatic rings. The lowest BCUT2D eigenvalue weighted by Gasteiger charge is -2.01. The average Bonchev–Trinajstić information content (AvgIpc) is 2.89. The van der Waals surface area contributed by atoms with Crippen molar-refractivity contribution in [1.29, 1.82) is 0 Å². The minimum atomic E-state index is 0.160. The normalized spacial score (nSPS) is 10.4. The Balaban J connectivity index is 1.95. The third kappa shape index (κ3) is 3.41. The number of Topliss-reactive ketones (excluding diaryl/α,β-unsaturated/α-hetero) is 1. The molecular weight excluding hydrogens is 250 g/mol. The van der Waals surface area contributed by atoms with Gasteiger partial charge in [0.1, 0.15) is 4.34 Å². The summed E-state index contributed by atoms with van der Waals surface area (Å²) in [6.07, 6.45) is 2.76. The first-order valence-corrected chi connectivity index (χ1v) is 7.30. The highest BCUT2D eigenvalue weighted by Gasteiger charge is 2.07. The fourth-order valence-electron chi connectivity index (χ4n) is 1.42. The Kier molecular flexibility index (Phi) is 4.34. The molecule has 0 amide bonds. The van der Waals surface area contributed by atoms with Crippen molar-refractivity contribution in [3.63, 3.8) is 0 Å². The summed E-state index contributed by atoms with van der Waals surface area (Å²) in [5, 5.41) is 1.92. The fourth-order valence-corrected chi connectivity index (χ4v) is 2.95. The molecule has 0 aliphatic heterocycles. The monoisotopic (exact) mass is 263 g/mol. The summed E-state index contributed by atoms with van der Waals surface area (Å²) in [4.78, 5) is 16.0. The quantitative estimate of drug-likeness (QED) is 0.609. The largest absolute Gasteiger partial charge is 0.293 e. The molecule has 1 aromatic heterocycles. The van der Waals surface area contributed by atoms with Crippen molar-refractivity contribution in [3.05, 3.63) is 47.0 Å². The van der Waals surface area contributed by atoms with Gasteiger partial charge in [0.2, 0.25) is 0 Å². The second-order valence-corrected chi connectivity index (χ2v) is 5.68. The molecule has 0 unspecified atom stereocenters. The van der Waals surface area contributed by atoms with Crippen molar-refractivity contribution in [2.24, 2.45) is 0 Å². The van der Waals surface area contributed by atoms with Crippen LogP contribution < -0.4 is 0 Å². The zero-order valence-corrected chi connectivity index (χ0v) is 11.2. The maximum absolute atomic E-state index is 11.9. The molecule has 4 heteroatoms. The topological polar surface area (TPSA) is 30.0 Å². The highest BCUT2D eigenvalue weighted by Crippen LogP contribution is 2.21. The Morgan fingerprint density at radius 1 is 1.35 bits per heavy atom. The number of thiazole rings is 1. The smallest absolute Gasteiger partial charge is 0.173 e. The van der Waals surface area contributed by atoms with Crippen LogP contribution in [0.25, 0.3) is 0 Å². The molecule has 2 nitrogen and oxygen atoms in total. The number of aromatic nitrogens is 1. The molecular formula is C13H13NOS2. The number of benzene rings is 1. The van der Waals surface area contributed by atoms with E-state index in [4.69, 9.17) is 0 Å². The Bertz CT molecular complexity index is 477. The Morgan fingerprint density at radius 3 is 2.71 bits per heavy atom. The Hall–Kier alpha value is -1.13. The van der Waals surface area contributed by atoms with E-state index in [1.165, 1.54) is 17.3 Å². The molecule has 2 rings (SSSR count). The number of ketones is 1. The first-order valence-electron chi connectivity index (χ1n) is 5.44. The predicted molar refractivity (Wildman–Crippen MR) is 73.0 cm³/mol. The molecule has 0 spiro atoms. The highest BCUT2D eigenvalue weighted by molar-refractivity contribution is 8.01. The zero-order valence-electron chi connectivity index (χ0n) is 9.55. The van der Waals surface area contributed by atoms with Gasteiger partial charge in [0, 0.05) is 17.1 Å². The van der Waals surface area contributed by atoms with Crippen LogP contribution in [0.15, 0.2) is 40.2 Å². The third-order valence-electron chi connectivity index (χ3n) is 2.42. The van der Waals surface area contributed by atoms with Crippen molar-refractivity contribution in [3.8, 4) is 0 Å². The van der Waals surface area contributed by atoms with Gasteiger partial charge in [0.25, 0.3) is 0 Å². The summed E-state index contributed by atoms with van der Waals surface area (Å²) in [6.45, 7) is 2.11. The molecule has 2 aromatic rings. The molecule has 0 saturated carbocycles. The maximum Gasteiger partial charge on any atom is 0.173 e. The van der Waals surface area contributed by atoms with Gasteiger partial charge in [-0.15, -0.1) is 11.3 Å². The maximum atomic E-state index is 11.9. The summed E-state index contributed by atoms with van der Waals surface area (Å²) >= 11 is 3.06. The molecule has 1 aromatic carbocycles. The molecule has 0 atom stereocenters. The number of carbonyl (C=O) groups excluding carboxylic acids is 1. The van der Waals surface area contributed by atoms with E-state index >= 15 is 0 Å². The molecule has 0 saturated heterocycles. The van der Waals surface area contributed by atoms with E-state index in [-0.39, 0.29) is 5.78 Å². The molecule has 88 valence electrons. The van der Waals surface area contributed by atoms with Gasteiger partial charge in [0.15, 0.2) is 5.78 Å². The van der Waals surface area contributed by atoms with E-state index in [1.54, 1.807) is 17.5 Å². The Morgan fingerprint density at radius 2 is 2.12 bits per heavy atom. The van der Waals surface area contributed by atoms with Gasteiger partial charge < -0.3 is 0 Å². The molecule has 0 fully saturated rings. The van der Waals surface area contributed by atoms with Crippen LogP contribution in [0, 0.1) is 0 Å². The lowest BCUT2D eigenvalue weighted by atomic mass is 10.1. The molecule has 0 radical (unpaired) electrons. The lowest BCUT2D eigenvalue weighted by molar-refractivity contribution is 0.102. The van der Waals surface area contributed by atoms with Gasteiger partial charge in [-0.3, -0.25) is 4.79 Å². The van der Waals surface area contributed by atoms with Gasteiger partial charge in [-0.2, -0.15) is 0 Å². The molecule has 0 aliphatic carbocycles. The van der Waals surface area contributed by atoms with Crippen LogP contribution in [0.2, 0.25) is 0 Å². The lowest BCUT2D eigenvalue weighted by Crippen LogP contribution is -2.02. The molecule has 1 heterocycles. The van der Waals surface area contributed by atoms with E-state index in [1.807, 2.05) is 29.6 Å². The number of rotatable bonds is 5. The van der Waals surface area contributed by atoms with Crippen molar-refractivity contribution < 1.29 is 4.79 Å². The van der Waals surface area contributed by atoms with Gasteiger partial charge in [-0.05, 0) is 12.0 Å². The van der Waals surface area contributed by atoms with Crippen molar-refractivity contribution in [1.82, 2.24) is 4.98 Å². The zero-order chi connectivity index (χ0) is 12.1. The number of hydrogen-bond donors (Lipinski definition) is 0. The summed E-state index contributed by atoms with van der Waals surface area (Å²) in [6, 6.07) is 7.84. The Labute approximate surface area is 109 Å². The number of nitrogens with zero attached hydrogens (tertiary/aromatic N) is 1. The van der Waals surface area contributed by atoms with E-state index in [0.29, 0.717) is 5.75 Å². The standard InChI is InChI=1S/C13H13NOS2/c1-2-10-3-5-11(6-4-10)12(15)9-17-13-14-7-8-16-13/h3-8H,2,9H2,1H3. The van der Waals surface area contributed by atoms with E-state index in [9.17, 15) is 4.79 Å². The number of thioether (sulfide) groups is 1. The van der Waals surface area contributed by atoms with Gasteiger partial charge in [-0.1, -0.05) is 43.0 Å². The summed E-state index contributed by atoms with van der Waals surface area (Å²) in [5.41, 5.74) is 2.04. The summed E-state index contributed by atoms with van der Waals surface area (Å²) in [7, 11) is 0. The molecule has 0 bridgehead atoms. The highest BCUT2D eigenvalue weighted by atomic mass is 32.2. The van der Waals surface area contributed by atoms with E-state index in [0.717, 1.165) is 16.3 Å². The van der Waals surface area contributed by atoms with Crippen LogP contribution in [-0.2, 0) is 6.42 Å². The molecule has 0 N–H and O–H groups in total. The second-order valence-electron chi connectivity index (χ2n) is 3.56. The van der Waals surface area contributed by atoms with Gasteiger partial charge >= 0.3 is 0 Å². The average molecular weight is 263 g/mol. The van der Waals surface area contributed by atoms with Crippen molar-refractivity contribution in [2.45, 2.75) is 17.7 Å². The van der Waals surface area contributed by atoms with Crippen molar-refractivity contribution >= 4 is 28.9 Å². The summed E-state index contributed by atoms with van der Waals surface area (Å²) < 4.78 is 0.948. The number of carbonyl (C=O) groups is 1. The van der Waals surface area contributed by atoms with Crippen LogP contribution in [0.1, 0.15) is 22.8 Å². The van der Waals surface area contributed by atoms with Crippen molar-refractivity contribution in [2.75, 3.05) is 5.75 Å². The number of aryl methyl sites for hydroxylation is 1. The van der Waals surface area contributed by atoms with Gasteiger partial charge in [-0.25, -0.2) is 4.98 Å². The first-order chi connectivity index (χ1) is 8.29. The molecule has 17 heavy (non-hydrogen) atoms. The first kappa shape index (κ1) is 12.3. The third-order valence-corrected chi connectivity index (χ3v) is 4.39. The minimum Gasteiger partial charge on any atom is -0.293 e. The van der Waals surface area contributed by atoms with Crippen LogP contribution in [0.4, 0.5) is 0 Å².